The molecule has 0 unspecified atom stereocenters. The maximum atomic E-state index is 12.8. The van der Waals surface area contributed by atoms with E-state index < -0.39 is 6.10 Å². The Hall–Kier alpha value is -2.99. The second-order valence-corrected chi connectivity index (χ2v) is 5.86. The molecule has 2 aromatic carbocycles. The molecule has 0 saturated heterocycles. The number of para-hydroxylation sites is 2. The van der Waals surface area contributed by atoms with Crippen LogP contribution in [0, 0.1) is 0 Å². The summed E-state index contributed by atoms with van der Waals surface area (Å²) in [4.78, 5) is 26.3. The Kier molecular flexibility index (Phi) is 7.05. The summed E-state index contributed by atoms with van der Waals surface area (Å²) >= 11 is 0. The summed E-state index contributed by atoms with van der Waals surface area (Å²) in [5, 5.41) is 13.1. The maximum Gasteiger partial charge on any atom is 0.240 e. The molecule has 0 aliphatic carbocycles. The number of amides is 2. The van der Waals surface area contributed by atoms with Crippen LogP contribution in [-0.4, -0.2) is 28.7 Å². The molecule has 0 aliphatic heterocycles. The van der Waals surface area contributed by atoms with E-state index in [1.807, 2.05) is 60.7 Å². The standard InChI is InChI=1S/C20H23N3O3/c1-15(16(2)24)21-22-19(25)13-14-20(26)23(17-9-5-3-6-10-17)18-11-7-4-8-12-18/h3-12,16,24H,13-14H2,1-2H3,(H,22,25)/b21-15-/t16-/m0/s1. The third-order valence-corrected chi connectivity index (χ3v) is 3.81. The highest BCUT2D eigenvalue weighted by Crippen LogP contribution is 2.26. The fourth-order valence-corrected chi connectivity index (χ4v) is 2.22. The average molecular weight is 353 g/mol. The van der Waals surface area contributed by atoms with Crippen molar-refractivity contribution in [1.82, 2.24) is 5.43 Å². The summed E-state index contributed by atoms with van der Waals surface area (Å²) in [6.07, 6.45) is -0.687. The first-order valence-electron chi connectivity index (χ1n) is 8.43. The third kappa shape index (κ3) is 5.53. The summed E-state index contributed by atoms with van der Waals surface area (Å²) in [7, 11) is 0. The van der Waals surface area contributed by atoms with Crippen LogP contribution in [0.4, 0.5) is 11.4 Å². The molecule has 26 heavy (non-hydrogen) atoms. The smallest absolute Gasteiger partial charge is 0.240 e. The molecular weight excluding hydrogens is 330 g/mol. The minimum atomic E-state index is -0.733. The molecule has 2 N–H and O–H groups in total. The zero-order valence-corrected chi connectivity index (χ0v) is 14.9. The van der Waals surface area contributed by atoms with Crippen molar-refractivity contribution in [1.29, 1.82) is 0 Å². The SMILES string of the molecule is C/C(=N/NC(=O)CCC(=O)N(c1ccccc1)c1ccccc1)[C@H](C)O. The predicted octanol–water partition coefficient (Wildman–Crippen LogP) is 3.00. The quantitative estimate of drug-likeness (QED) is 0.593. The first kappa shape index (κ1) is 19.3. The second-order valence-electron chi connectivity index (χ2n) is 5.86. The highest BCUT2D eigenvalue weighted by Gasteiger charge is 2.18. The predicted molar refractivity (Wildman–Crippen MR) is 102 cm³/mol. The number of hydrazone groups is 1. The molecule has 0 bridgehead atoms. The van der Waals surface area contributed by atoms with E-state index in [0.717, 1.165) is 11.4 Å². The van der Waals surface area contributed by atoms with Crippen LogP contribution in [0.2, 0.25) is 0 Å². The molecule has 0 fully saturated rings. The van der Waals surface area contributed by atoms with Gasteiger partial charge in [-0.15, -0.1) is 0 Å². The highest BCUT2D eigenvalue weighted by molar-refractivity contribution is 6.01. The lowest BCUT2D eigenvalue weighted by Crippen LogP contribution is -2.28. The van der Waals surface area contributed by atoms with E-state index in [-0.39, 0.29) is 24.7 Å². The molecule has 136 valence electrons. The van der Waals surface area contributed by atoms with E-state index in [0.29, 0.717) is 5.71 Å². The highest BCUT2D eigenvalue weighted by atomic mass is 16.3. The van der Waals surface area contributed by atoms with Crippen molar-refractivity contribution in [2.75, 3.05) is 4.90 Å². The molecule has 0 spiro atoms. The molecule has 6 heteroatoms. The maximum absolute atomic E-state index is 12.8. The number of nitrogens with zero attached hydrogens (tertiary/aromatic N) is 2. The van der Waals surface area contributed by atoms with Gasteiger partial charge in [0.15, 0.2) is 0 Å². The number of anilines is 2. The summed E-state index contributed by atoms with van der Waals surface area (Å²) in [5.74, 6) is -0.562. The fraction of sp³-hybridized carbons (Fsp3) is 0.250. The Morgan fingerprint density at radius 1 is 1.00 bits per heavy atom. The van der Waals surface area contributed by atoms with Crippen molar-refractivity contribution in [3.8, 4) is 0 Å². The van der Waals surface area contributed by atoms with Gasteiger partial charge in [0.1, 0.15) is 0 Å². The van der Waals surface area contributed by atoms with E-state index in [1.165, 1.54) is 0 Å². The Labute approximate surface area is 153 Å². The first-order chi connectivity index (χ1) is 12.5. The topological polar surface area (TPSA) is 82.0 Å². The number of aliphatic hydroxyl groups is 1. The lowest BCUT2D eigenvalue weighted by atomic mass is 10.2. The molecule has 2 rings (SSSR count). The molecule has 0 heterocycles. The van der Waals surface area contributed by atoms with Gasteiger partial charge in [-0.25, -0.2) is 5.43 Å². The molecule has 2 amide bonds. The molecular formula is C20H23N3O3. The zero-order valence-electron chi connectivity index (χ0n) is 14.9. The molecule has 2 aromatic rings. The van der Waals surface area contributed by atoms with Crippen LogP contribution in [-0.2, 0) is 9.59 Å². The molecule has 1 atom stereocenters. The Morgan fingerprint density at radius 3 is 1.96 bits per heavy atom. The minimum Gasteiger partial charge on any atom is -0.387 e. The minimum absolute atomic E-state index is 0.00555. The van der Waals surface area contributed by atoms with Gasteiger partial charge in [0.25, 0.3) is 0 Å². The Balaban J connectivity index is 2.06. The van der Waals surface area contributed by atoms with E-state index in [1.54, 1.807) is 18.7 Å². The second kappa shape index (κ2) is 9.48. The zero-order chi connectivity index (χ0) is 18.9. The molecule has 0 radical (unpaired) electrons. The van der Waals surface area contributed by atoms with Crippen LogP contribution in [0.1, 0.15) is 26.7 Å². The van der Waals surface area contributed by atoms with Crippen LogP contribution in [0.15, 0.2) is 65.8 Å². The monoisotopic (exact) mass is 353 g/mol. The van der Waals surface area contributed by atoms with Gasteiger partial charge < -0.3 is 5.11 Å². The average Bonchev–Trinajstić information content (AvgIpc) is 2.66. The van der Waals surface area contributed by atoms with Gasteiger partial charge in [-0.05, 0) is 38.1 Å². The Morgan fingerprint density at radius 2 is 1.50 bits per heavy atom. The van der Waals surface area contributed by atoms with Crippen LogP contribution in [0.3, 0.4) is 0 Å². The lowest BCUT2D eigenvalue weighted by molar-refractivity contribution is -0.124. The molecule has 0 aliphatic rings. The van der Waals surface area contributed by atoms with Crippen LogP contribution < -0.4 is 10.3 Å². The van der Waals surface area contributed by atoms with Gasteiger partial charge in [0.05, 0.1) is 11.8 Å². The van der Waals surface area contributed by atoms with Gasteiger partial charge in [-0.3, -0.25) is 14.5 Å². The van der Waals surface area contributed by atoms with Crippen molar-refractivity contribution < 1.29 is 14.7 Å². The van der Waals surface area contributed by atoms with Crippen LogP contribution >= 0.6 is 0 Å². The van der Waals surface area contributed by atoms with E-state index in [9.17, 15) is 14.7 Å². The summed E-state index contributed by atoms with van der Waals surface area (Å²) in [5.41, 5.74) is 4.24. The number of hydrogen-bond acceptors (Lipinski definition) is 4. The number of hydrogen-bond donors (Lipinski definition) is 2. The number of aliphatic hydroxyl groups excluding tert-OH is 1. The van der Waals surface area contributed by atoms with E-state index >= 15 is 0 Å². The Bertz CT molecular complexity index is 719. The normalized spacial score (nSPS) is 12.3. The van der Waals surface area contributed by atoms with E-state index in [2.05, 4.69) is 10.5 Å². The third-order valence-electron chi connectivity index (χ3n) is 3.81. The van der Waals surface area contributed by atoms with Gasteiger partial charge >= 0.3 is 0 Å². The van der Waals surface area contributed by atoms with Crippen molar-refractivity contribution in [3.63, 3.8) is 0 Å². The summed E-state index contributed by atoms with van der Waals surface area (Å²) < 4.78 is 0. The summed E-state index contributed by atoms with van der Waals surface area (Å²) in [6.45, 7) is 3.18. The van der Waals surface area contributed by atoms with Crippen molar-refractivity contribution in [2.24, 2.45) is 5.10 Å². The van der Waals surface area contributed by atoms with Crippen molar-refractivity contribution in [3.05, 3.63) is 60.7 Å². The molecule has 6 nitrogen and oxygen atoms in total. The lowest BCUT2D eigenvalue weighted by Gasteiger charge is -2.23. The van der Waals surface area contributed by atoms with E-state index in [4.69, 9.17) is 0 Å². The van der Waals surface area contributed by atoms with Gasteiger partial charge in [0, 0.05) is 24.2 Å². The first-order valence-corrected chi connectivity index (χ1v) is 8.43. The molecule has 0 aromatic heterocycles. The largest absolute Gasteiger partial charge is 0.387 e. The van der Waals surface area contributed by atoms with Gasteiger partial charge in [-0.1, -0.05) is 36.4 Å². The summed E-state index contributed by atoms with van der Waals surface area (Å²) in [6, 6.07) is 18.6. The van der Waals surface area contributed by atoms with Crippen molar-refractivity contribution >= 4 is 28.9 Å². The van der Waals surface area contributed by atoms with Gasteiger partial charge in [0.2, 0.25) is 11.8 Å². The van der Waals surface area contributed by atoms with Gasteiger partial charge in [-0.2, -0.15) is 5.10 Å². The van der Waals surface area contributed by atoms with Crippen LogP contribution in [0.5, 0.6) is 0 Å². The number of carbonyl (C=O) groups excluding carboxylic acids is 2. The van der Waals surface area contributed by atoms with Crippen molar-refractivity contribution in [2.45, 2.75) is 32.8 Å². The number of nitrogens with one attached hydrogen (secondary N) is 1. The van der Waals surface area contributed by atoms with Crippen LogP contribution in [0.25, 0.3) is 0 Å². The molecule has 0 saturated carbocycles. The number of benzene rings is 2. The fourth-order valence-electron chi connectivity index (χ4n) is 2.22. The number of rotatable bonds is 7. The number of carbonyl (C=O) groups is 2.